The predicted molar refractivity (Wildman–Crippen MR) is 63.5 cm³/mol. The van der Waals surface area contributed by atoms with E-state index in [-0.39, 0.29) is 18.6 Å². The fourth-order valence-electron chi connectivity index (χ4n) is 2.16. The maximum Gasteiger partial charge on any atom is 0.246 e. The molecule has 1 atom stereocenters. The number of carbonyl (C=O) groups excluding carboxylic acids is 1. The van der Waals surface area contributed by atoms with Crippen molar-refractivity contribution >= 4 is 17.3 Å². The van der Waals surface area contributed by atoms with Crippen molar-refractivity contribution in [3.63, 3.8) is 0 Å². The highest BCUT2D eigenvalue weighted by Gasteiger charge is 2.29. The van der Waals surface area contributed by atoms with Gasteiger partial charge in [0.15, 0.2) is 0 Å². The van der Waals surface area contributed by atoms with Gasteiger partial charge in [-0.05, 0) is 19.9 Å². The van der Waals surface area contributed by atoms with Crippen LogP contribution in [0.2, 0.25) is 0 Å². The number of fused-ring (bicyclic) bond motifs is 1. The molecule has 0 radical (unpaired) electrons. The molecule has 1 aliphatic heterocycles. The number of rotatable bonds is 2. The molecule has 0 fully saturated rings. The fourth-order valence-corrected chi connectivity index (χ4v) is 2.16. The molecule has 0 aromatic heterocycles. The summed E-state index contributed by atoms with van der Waals surface area (Å²) in [6.07, 6.45) is 0. The van der Waals surface area contributed by atoms with Crippen LogP contribution in [0.15, 0.2) is 18.2 Å². The molecule has 1 aromatic rings. The van der Waals surface area contributed by atoms with Crippen molar-refractivity contribution in [3.8, 4) is 0 Å². The molecule has 16 heavy (non-hydrogen) atoms. The minimum Gasteiger partial charge on any atom is -0.392 e. The number of aliphatic hydroxyl groups excluding tert-OH is 1. The summed E-state index contributed by atoms with van der Waals surface area (Å²) in [5.74, 6) is 0.00411. The standard InChI is InChI=1S/C12H16N2O2/c1-3-14-8(2)12(16)13-10-6-4-5-9(7-15)11(10)14/h4-6,8,15H,3,7H2,1-2H3,(H,13,16). The summed E-state index contributed by atoms with van der Waals surface area (Å²) in [4.78, 5) is 13.7. The van der Waals surface area contributed by atoms with Crippen LogP contribution in [-0.2, 0) is 11.4 Å². The van der Waals surface area contributed by atoms with Crippen molar-refractivity contribution < 1.29 is 9.90 Å². The quantitative estimate of drug-likeness (QED) is 0.791. The monoisotopic (exact) mass is 220 g/mol. The number of benzene rings is 1. The summed E-state index contributed by atoms with van der Waals surface area (Å²) in [5.41, 5.74) is 2.59. The van der Waals surface area contributed by atoms with Crippen LogP contribution < -0.4 is 10.2 Å². The maximum atomic E-state index is 11.7. The molecule has 0 spiro atoms. The van der Waals surface area contributed by atoms with E-state index in [2.05, 4.69) is 5.32 Å². The van der Waals surface area contributed by atoms with Crippen LogP contribution in [0.25, 0.3) is 0 Å². The van der Waals surface area contributed by atoms with Gasteiger partial charge in [0.05, 0.1) is 18.0 Å². The van der Waals surface area contributed by atoms with Crippen molar-refractivity contribution in [1.29, 1.82) is 0 Å². The van der Waals surface area contributed by atoms with Gasteiger partial charge in [-0.1, -0.05) is 12.1 Å². The summed E-state index contributed by atoms with van der Waals surface area (Å²) in [6.45, 7) is 4.61. The molecule has 2 N–H and O–H groups in total. The van der Waals surface area contributed by atoms with Gasteiger partial charge in [-0.2, -0.15) is 0 Å². The number of para-hydroxylation sites is 1. The van der Waals surface area contributed by atoms with E-state index in [4.69, 9.17) is 0 Å². The number of hydrogen-bond donors (Lipinski definition) is 2. The zero-order chi connectivity index (χ0) is 11.7. The van der Waals surface area contributed by atoms with Crippen molar-refractivity contribution in [2.45, 2.75) is 26.5 Å². The molecular weight excluding hydrogens is 204 g/mol. The number of hydrogen-bond acceptors (Lipinski definition) is 3. The maximum absolute atomic E-state index is 11.7. The van der Waals surface area contributed by atoms with Gasteiger partial charge in [-0.25, -0.2) is 0 Å². The minimum atomic E-state index is -0.190. The van der Waals surface area contributed by atoms with Gasteiger partial charge < -0.3 is 15.3 Å². The number of aliphatic hydroxyl groups is 1. The Kier molecular flexibility index (Phi) is 2.83. The topological polar surface area (TPSA) is 52.6 Å². The van der Waals surface area contributed by atoms with Crippen LogP contribution >= 0.6 is 0 Å². The Morgan fingerprint density at radius 3 is 2.88 bits per heavy atom. The first-order valence-corrected chi connectivity index (χ1v) is 5.49. The number of carbonyl (C=O) groups is 1. The van der Waals surface area contributed by atoms with E-state index in [0.29, 0.717) is 0 Å². The van der Waals surface area contributed by atoms with Gasteiger partial charge in [0, 0.05) is 12.1 Å². The molecule has 0 saturated heterocycles. The molecule has 4 nitrogen and oxygen atoms in total. The van der Waals surface area contributed by atoms with Gasteiger partial charge in [-0.15, -0.1) is 0 Å². The summed E-state index contributed by atoms with van der Waals surface area (Å²) in [5, 5.41) is 12.2. The second kappa shape index (κ2) is 4.14. The Balaban J connectivity index is 2.55. The first kappa shape index (κ1) is 11.0. The smallest absolute Gasteiger partial charge is 0.246 e. The molecule has 4 heteroatoms. The van der Waals surface area contributed by atoms with Crippen LogP contribution in [0, 0.1) is 0 Å². The van der Waals surface area contributed by atoms with Crippen LogP contribution in [-0.4, -0.2) is 23.6 Å². The van der Waals surface area contributed by atoms with E-state index in [9.17, 15) is 9.90 Å². The Bertz CT molecular complexity index is 417. The van der Waals surface area contributed by atoms with Crippen molar-refractivity contribution in [3.05, 3.63) is 23.8 Å². The van der Waals surface area contributed by atoms with E-state index in [1.807, 2.05) is 36.9 Å². The fraction of sp³-hybridized carbons (Fsp3) is 0.417. The van der Waals surface area contributed by atoms with Crippen molar-refractivity contribution in [2.24, 2.45) is 0 Å². The highest BCUT2D eigenvalue weighted by Crippen LogP contribution is 2.35. The van der Waals surface area contributed by atoms with Gasteiger partial charge in [-0.3, -0.25) is 4.79 Å². The third kappa shape index (κ3) is 1.55. The molecule has 86 valence electrons. The Morgan fingerprint density at radius 1 is 1.50 bits per heavy atom. The molecular formula is C12H16N2O2. The molecule has 1 unspecified atom stereocenters. The number of nitrogens with zero attached hydrogens (tertiary/aromatic N) is 1. The largest absolute Gasteiger partial charge is 0.392 e. The number of amides is 1. The third-order valence-corrected chi connectivity index (χ3v) is 3.02. The third-order valence-electron chi connectivity index (χ3n) is 3.02. The second-order valence-electron chi connectivity index (χ2n) is 3.92. The van der Waals surface area contributed by atoms with Crippen molar-refractivity contribution in [2.75, 3.05) is 16.8 Å². The minimum absolute atomic E-state index is 0.00411. The van der Waals surface area contributed by atoms with Crippen LogP contribution in [0.5, 0.6) is 0 Å². The average Bonchev–Trinajstić information content (AvgIpc) is 2.30. The zero-order valence-electron chi connectivity index (χ0n) is 9.53. The summed E-state index contributed by atoms with van der Waals surface area (Å²) in [6, 6.07) is 5.39. The predicted octanol–water partition coefficient (Wildman–Crippen LogP) is 1.35. The SMILES string of the molecule is CCN1c2c(CO)cccc2NC(=O)C1C. The number of nitrogens with one attached hydrogen (secondary N) is 1. The molecule has 0 bridgehead atoms. The molecule has 1 aromatic carbocycles. The Hall–Kier alpha value is -1.55. The first-order valence-electron chi connectivity index (χ1n) is 5.49. The molecule has 0 aliphatic carbocycles. The molecule has 1 aliphatic rings. The summed E-state index contributed by atoms with van der Waals surface area (Å²) < 4.78 is 0. The average molecular weight is 220 g/mol. The summed E-state index contributed by atoms with van der Waals surface area (Å²) >= 11 is 0. The molecule has 1 heterocycles. The molecule has 0 saturated carbocycles. The normalized spacial score (nSPS) is 19.3. The molecule has 2 rings (SSSR count). The number of likely N-dealkylation sites (N-methyl/N-ethyl adjacent to an activating group) is 1. The summed E-state index contributed by atoms with van der Waals surface area (Å²) in [7, 11) is 0. The van der Waals surface area contributed by atoms with Crippen molar-refractivity contribution in [1.82, 2.24) is 0 Å². The number of anilines is 2. The first-order chi connectivity index (χ1) is 7.69. The Labute approximate surface area is 94.9 Å². The Morgan fingerprint density at radius 2 is 2.25 bits per heavy atom. The van der Waals surface area contributed by atoms with Gasteiger partial charge in [0.2, 0.25) is 5.91 Å². The van der Waals surface area contributed by atoms with Crippen LogP contribution in [0.3, 0.4) is 0 Å². The second-order valence-corrected chi connectivity index (χ2v) is 3.92. The lowest BCUT2D eigenvalue weighted by molar-refractivity contribution is -0.117. The van der Waals surface area contributed by atoms with E-state index in [1.54, 1.807) is 0 Å². The highest BCUT2D eigenvalue weighted by atomic mass is 16.3. The molecule has 1 amide bonds. The van der Waals surface area contributed by atoms with Gasteiger partial charge in [0.25, 0.3) is 0 Å². The highest BCUT2D eigenvalue weighted by molar-refractivity contribution is 6.03. The van der Waals surface area contributed by atoms with Gasteiger partial charge >= 0.3 is 0 Å². The lowest BCUT2D eigenvalue weighted by Gasteiger charge is -2.36. The van der Waals surface area contributed by atoms with E-state index in [0.717, 1.165) is 23.5 Å². The van der Waals surface area contributed by atoms with Gasteiger partial charge in [0.1, 0.15) is 6.04 Å². The van der Waals surface area contributed by atoms with E-state index in [1.165, 1.54) is 0 Å². The zero-order valence-corrected chi connectivity index (χ0v) is 9.53. The van der Waals surface area contributed by atoms with E-state index < -0.39 is 0 Å². The lowest BCUT2D eigenvalue weighted by Crippen LogP contribution is -2.46. The lowest BCUT2D eigenvalue weighted by atomic mass is 10.0. The van der Waals surface area contributed by atoms with Crippen LogP contribution in [0.4, 0.5) is 11.4 Å². The van der Waals surface area contributed by atoms with E-state index >= 15 is 0 Å². The van der Waals surface area contributed by atoms with Crippen LogP contribution in [0.1, 0.15) is 19.4 Å².